The molecule has 3 rings (SSSR count). The molecular weight excluding hydrogens is 581 g/mol. The van der Waals surface area contributed by atoms with Crippen LogP contribution in [-0.4, -0.2) is 35.9 Å². The Kier molecular flexibility index (Phi) is 14.4. The largest absolute Gasteiger partial charge is 0.494 e. The predicted molar refractivity (Wildman–Crippen MR) is 172 cm³/mol. The smallest absolute Gasteiger partial charge is 0.425 e. The van der Waals surface area contributed by atoms with E-state index in [1.165, 1.54) is 56.4 Å². The second-order valence-corrected chi connectivity index (χ2v) is 11.4. The number of carboxylic acid groups (broad SMARTS) is 1. The number of alkyl halides is 3. The first-order valence-electron chi connectivity index (χ1n) is 16.1. The molecule has 3 aromatic carbocycles. The summed E-state index contributed by atoms with van der Waals surface area (Å²) in [6, 6.07) is 18.5. The first-order valence-corrected chi connectivity index (χ1v) is 16.1. The first kappa shape index (κ1) is 35.7. The van der Waals surface area contributed by atoms with Gasteiger partial charge in [0, 0.05) is 0 Å². The molecule has 0 aromatic heterocycles. The summed E-state index contributed by atoms with van der Waals surface area (Å²) in [6.07, 6.45) is 3.84. The topological polar surface area (TPSA) is 72.8 Å². The molecule has 244 valence electrons. The van der Waals surface area contributed by atoms with Crippen LogP contribution in [0, 0.1) is 0 Å². The van der Waals surface area contributed by atoms with Gasteiger partial charge in [0.15, 0.2) is 6.10 Å². The van der Waals surface area contributed by atoms with Crippen molar-refractivity contribution in [2.75, 3.05) is 6.61 Å². The van der Waals surface area contributed by atoms with Gasteiger partial charge < -0.3 is 14.6 Å². The molecule has 0 aliphatic rings. The number of halogens is 3. The zero-order valence-corrected chi connectivity index (χ0v) is 26.3. The fourth-order valence-corrected chi connectivity index (χ4v) is 5.17. The highest BCUT2D eigenvalue weighted by Crippen LogP contribution is 2.36. The average molecular weight is 627 g/mol. The number of esters is 1. The third-order valence-electron chi connectivity index (χ3n) is 7.82. The van der Waals surface area contributed by atoms with E-state index >= 15 is 0 Å². The van der Waals surface area contributed by atoms with Crippen molar-refractivity contribution in [2.24, 2.45) is 0 Å². The van der Waals surface area contributed by atoms with Gasteiger partial charge in [0.1, 0.15) is 5.75 Å². The standard InChI is InChI=1S/C37H45F3O5/c1-3-5-7-9-10-11-13-25-44-31-23-24-32(27-15-19-29(20-16-27)35(41)42)33(26-31)28-17-21-30(22-18-28)36(43)45-34(37(38,39)40)14-12-8-6-4-2/h15-24,26,34H,3-14,25H2,1-2H3,(H,41,42). The number of hydrogen-bond acceptors (Lipinski definition) is 4. The highest BCUT2D eigenvalue weighted by Gasteiger charge is 2.42. The summed E-state index contributed by atoms with van der Waals surface area (Å²) in [4.78, 5) is 24.1. The lowest BCUT2D eigenvalue weighted by molar-refractivity contribution is -0.206. The van der Waals surface area contributed by atoms with Crippen molar-refractivity contribution in [2.45, 2.75) is 103 Å². The molecule has 0 spiro atoms. The Bertz CT molecular complexity index is 1330. The first-order chi connectivity index (χ1) is 21.6. The second kappa shape index (κ2) is 18.2. The molecule has 1 unspecified atom stereocenters. The maximum absolute atomic E-state index is 13.6. The van der Waals surface area contributed by atoms with E-state index in [9.17, 15) is 27.9 Å². The molecule has 8 heteroatoms. The molecule has 0 saturated carbocycles. The van der Waals surface area contributed by atoms with Crippen molar-refractivity contribution >= 4 is 11.9 Å². The maximum Gasteiger partial charge on any atom is 0.425 e. The second-order valence-electron chi connectivity index (χ2n) is 11.4. The van der Waals surface area contributed by atoms with Crippen molar-refractivity contribution in [1.82, 2.24) is 0 Å². The third kappa shape index (κ3) is 11.6. The average Bonchev–Trinajstić information content (AvgIpc) is 3.03. The number of ether oxygens (including phenoxy) is 2. The van der Waals surface area contributed by atoms with E-state index < -0.39 is 24.2 Å². The lowest BCUT2D eigenvalue weighted by Gasteiger charge is -2.21. The number of aromatic carboxylic acids is 1. The highest BCUT2D eigenvalue weighted by atomic mass is 19.4. The molecule has 0 saturated heterocycles. The number of carbonyl (C=O) groups is 2. The molecule has 0 aliphatic heterocycles. The van der Waals surface area contributed by atoms with Crippen molar-refractivity contribution in [3.05, 3.63) is 77.9 Å². The van der Waals surface area contributed by atoms with E-state index in [1.807, 2.05) is 25.1 Å². The fourth-order valence-electron chi connectivity index (χ4n) is 5.17. The summed E-state index contributed by atoms with van der Waals surface area (Å²) in [5.41, 5.74) is 3.29. The van der Waals surface area contributed by atoms with Crippen LogP contribution in [0.25, 0.3) is 22.3 Å². The molecule has 0 radical (unpaired) electrons. The van der Waals surface area contributed by atoms with E-state index in [0.717, 1.165) is 47.9 Å². The van der Waals surface area contributed by atoms with Crippen LogP contribution >= 0.6 is 0 Å². The summed E-state index contributed by atoms with van der Waals surface area (Å²) in [7, 11) is 0. The van der Waals surface area contributed by atoms with Crippen LogP contribution in [0.15, 0.2) is 66.7 Å². The van der Waals surface area contributed by atoms with Crippen LogP contribution in [0.1, 0.15) is 112 Å². The molecular formula is C37H45F3O5. The third-order valence-corrected chi connectivity index (χ3v) is 7.82. The van der Waals surface area contributed by atoms with Gasteiger partial charge in [0.05, 0.1) is 17.7 Å². The van der Waals surface area contributed by atoms with Crippen molar-refractivity contribution in [3.8, 4) is 28.0 Å². The van der Waals surface area contributed by atoms with Gasteiger partial charge >= 0.3 is 18.1 Å². The van der Waals surface area contributed by atoms with Crippen LogP contribution in [-0.2, 0) is 4.74 Å². The SMILES string of the molecule is CCCCCCCCCOc1ccc(-c2ccc(C(=O)O)cc2)c(-c2ccc(C(=O)OC(CCCCCC)C(F)(F)F)cc2)c1. The van der Waals surface area contributed by atoms with Crippen LogP contribution in [0.5, 0.6) is 5.75 Å². The minimum Gasteiger partial charge on any atom is -0.494 e. The molecule has 0 amide bonds. The molecule has 1 atom stereocenters. The zero-order valence-electron chi connectivity index (χ0n) is 26.3. The number of rotatable bonds is 19. The Morgan fingerprint density at radius 3 is 1.80 bits per heavy atom. The van der Waals surface area contributed by atoms with Gasteiger partial charge in [0.25, 0.3) is 0 Å². The molecule has 0 fully saturated rings. The molecule has 5 nitrogen and oxygen atoms in total. The Labute approximate surface area is 264 Å². The summed E-state index contributed by atoms with van der Waals surface area (Å²) in [5.74, 6) is -1.37. The quantitative estimate of drug-likeness (QED) is 0.106. The molecule has 0 aliphatic carbocycles. The normalized spacial score (nSPS) is 12.1. The number of hydrogen-bond donors (Lipinski definition) is 1. The van der Waals surface area contributed by atoms with Gasteiger partial charge in [0.2, 0.25) is 0 Å². The molecule has 0 bridgehead atoms. The summed E-state index contributed by atoms with van der Waals surface area (Å²) < 4.78 is 51.7. The van der Waals surface area contributed by atoms with Crippen molar-refractivity contribution < 1.29 is 37.3 Å². The van der Waals surface area contributed by atoms with E-state index in [-0.39, 0.29) is 17.5 Å². The van der Waals surface area contributed by atoms with Gasteiger partial charge in [-0.1, -0.05) is 102 Å². The van der Waals surface area contributed by atoms with Crippen molar-refractivity contribution in [1.29, 1.82) is 0 Å². The Balaban J connectivity index is 1.79. The van der Waals surface area contributed by atoms with Gasteiger partial charge in [-0.2, -0.15) is 13.2 Å². The minimum absolute atomic E-state index is 0.0280. The molecule has 45 heavy (non-hydrogen) atoms. The molecule has 3 aromatic rings. The van der Waals surface area contributed by atoms with E-state index in [4.69, 9.17) is 9.47 Å². The Morgan fingerprint density at radius 1 is 0.689 bits per heavy atom. The van der Waals surface area contributed by atoms with Crippen LogP contribution in [0.2, 0.25) is 0 Å². The lowest BCUT2D eigenvalue weighted by Crippen LogP contribution is -2.33. The van der Waals surface area contributed by atoms with Crippen molar-refractivity contribution in [3.63, 3.8) is 0 Å². The minimum atomic E-state index is -4.64. The van der Waals surface area contributed by atoms with Crippen LogP contribution in [0.3, 0.4) is 0 Å². The lowest BCUT2D eigenvalue weighted by atomic mass is 9.93. The Morgan fingerprint density at radius 2 is 1.22 bits per heavy atom. The number of carboxylic acids is 1. The van der Waals surface area contributed by atoms with Gasteiger partial charge in [-0.25, -0.2) is 9.59 Å². The van der Waals surface area contributed by atoms with E-state index in [0.29, 0.717) is 25.2 Å². The molecule has 0 heterocycles. The summed E-state index contributed by atoms with van der Waals surface area (Å²) in [5, 5.41) is 9.31. The van der Waals surface area contributed by atoms with Crippen LogP contribution < -0.4 is 4.74 Å². The van der Waals surface area contributed by atoms with Gasteiger partial charge in [-0.3, -0.25) is 0 Å². The number of benzene rings is 3. The zero-order chi connectivity index (χ0) is 32.7. The predicted octanol–water partition coefficient (Wildman–Crippen LogP) is 10.9. The van der Waals surface area contributed by atoms with E-state index in [2.05, 4.69) is 6.92 Å². The van der Waals surface area contributed by atoms with Gasteiger partial charge in [-0.05, 0) is 77.9 Å². The highest BCUT2D eigenvalue weighted by molar-refractivity contribution is 5.92. The van der Waals surface area contributed by atoms with Gasteiger partial charge in [-0.15, -0.1) is 0 Å². The Hall–Kier alpha value is -3.81. The maximum atomic E-state index is 13.6. The summed E-state index contributed by atoms with van der Waals surface area (Å²) >= 11 is 0. The number of carbonyl (C=O) groups excluding carboxylic acids is 1. The fraction of sp³-hybridized carbons (Fsp3) is 0.459. The number of unbranched alkanes of at least 4 members (excludes halogenated alkanes) is 9. The molecule has 1 N–H and O–H groups in total. The van der Waals surface area contributed by atoms with Crippen LogP contribution in [0.4, 0.5) is 13.2 Å². The monoisotopic (exact) mass is 626 g/mol. The summed E-state index contributed by atoms with van der Waals surface area (Å²) in [6.45, 7) is 4.75. The van der Waals surface area contributed by atoms with E-state index in [1.54, 1.807) is 24.3 Å².